The normalized spacial score (nSPS) is 13.5. The number of aliphatic hydroxyl groups is 1. The molecule has 0 saturated carbocycles. The number of thiophene rings is 1. The van der Waals surface area contributed by atoms with E-state index in [0.717, 1.165) is 9.21 Å². The molecule has 1 atom stereocenters. The Morgan fingerprint density at radius 3 is 2.71 bits per heavy atom. The average Bonchev–Trinajstić information content (AvgIpc) is 2.48. The maximum absolute atomic E-state index is 9.66. The average molecular weight is 234 g/mol. The van der Waals surface area contributed by atoms with Crippen LogP contribution in [0.2, 0.25) is 4.34 Å². The van der Waals surface area contributed by atoms with Gasteiger partial charge in [-0.15, -0.1) is 11.3 Å². The lowest BCUT2D eigenvalue weighted by Gasteiger charge is -2.12. The third-order valence-electron chi connectivity index (χ3n) is 1.83. The Kier molecular flexibility index (Phi) is 4.89. The van der Waals surface area contributed by atoms with Crippen LogP contribution in [0, 0.1) is 0 Å². The number of nitrogens with one attached hydrogen (secondary N) is 1. The summed E-state index contributed by atoms with van der Waals surface area (Å²) in [4.78, 5) is 1.13. The summed E-state index contributed by atoms with van der Waals surface area (Å²) in [5.74, 6) is 0. The van der Waals surface area contributed by atoms with Crippen LogP contribution in [0.5, 0.6) is 0 Å². The first-order valence-electron chi connectivity index (χ1n) is 4.73. The van der Waals surface area contributed by atoms with E-state index in [-0.39, 0.29) is 6.10 Å². The molecule has 0 aliphatic heterocycles. The van der Waals surface area contributed by atoms with Crippen LogP contribution in [0.15, 0.2) is 12.1 Å². The summed E-state index contributed by atoms with van der Waals surface area (Å²) in [6, 6.07) is 4.24. The molecule has 0 bridgehead atoms. The lowest BCUT2D eigenvalue weighted by molar-refractivity contribution is 0.170. The zero-order valence-corrected chi connectivity index (χ0v) is 10.0. The third-order valence-corrected chi connectivity index (χ3v) is 3.08. The maximum atomic E-state index is 9.66. The molecule has 1 aromatic heterocycles. The molecule has 0 aliphatic carbocycles. The van der Waals surface area contributed by atoms with Gasteiger partial charge in [-0.25, -0.2) is 0 Å². The molecule has 0 spiro atoms. The highest BCUT2D eigenvalue weighted by Crippen LogP contribution is 2.22. The highest BCUT2D eigenvalue weighted by molar-refractivity contribution is 7.16. The fraction of sp³-hybridized carbons (Fsp3) is 0.600. The van der Waals surface area contributed by atoms with Crippen LogP contribution in [0.3, 0.4) is 0 Å². The van der Waals surface area contributed by atoms with Crippen LogP contribution in [-0.2, 0) is 6.42 Å². The van der Waals surface area contributed by atoms with Crippen LogP contribution < -0.4 is 5.32 Å². The molecule has 0 aliphatic rings. The molecule has 1 rings (SSSR count). The van der Waals surface area contributed by atoms with E-state index in [4.69, 9.17) is 11.6 Å². The van der Waals surface area contributed by atoms with Gasteiger partial charge in [-0.2, -0.15) is 0 Å². The zero-order valence-electron chi connectivity index (χ0n) is 8.46. The van der Waals surface area contributed by atoms with E-state index in [1.807, 2.05) is 12.1 Å². The summed E-state index contributed by atoms with van der Waals surface area (Å²) in [5.41, 5.74) is 0. The van der Waals surface area contributed by atoms with Crippen molar-refractivity contribution in [2.75, 3.05) is 6.54 Å². The van der Waals surface area contributed by atoms with E-state index < -0.39 is 0 Å². The van der Waals surface area contributed by atoms with Gasteiger partial charge in [0.05, 0.1) is 10.4 Å². The van der Waals surface area contributed by atoms with Crippen molar-refractivity contribution in [3.63, 3.8) is 0 Å². The van der Waals surface area contributed by atoms with Crippen molar-refractivity contribution < 1.29 is 5.11 Å². The van der Waals surface area contributed by atoms with Crippen LogP contribution in [0.25, 0.3) is 0 Å². The van der Waals surface area contributed by atoms with Gasteiger partial charge in [-0.05, 0) is 12.1 Å². The molecule has 0 radical (unpaired) electrons. The molecule has 1 aromatic rings. The van der Waals surface area contributed by atoms with Gasteiger partial charge >= 0.3 is 0 Å². The van der Waals surface area contributed by atoms with Crippen molar-refractivity contribution in [3.8, 4) is 0 Å². The minimum absolute atomic E-state index is 0.327. The molecule has 0 aromatic carbocycles. The highest BCUT2D eigenvalue weighted by Gasteiger charge is 2.07. The summed E-state index contributed by atoms with van der Waals surface area (Å²) in [6.07, 6.45) is 0.351. The largest absolute Gasteiger partial charge is 0.391 e. The Hall–Kier alpha value is -0.0900. The zero-order chi connectivity index (χ0) is 10.6. The summed E-state index contributed by atoms with van der Waals surface area (Å²) in [5, 5.41) is 12.9. The molecule has 4 heteroatoms. The van der Waals surface area contributed by atoms with Crippen LogP contribution in [0.1, 0.15) is 18.7 Å². The Balaban J connectivity index is 2.30. The van der Waals surface area contributed by atoms with E-state index in [2.05, 4.69) is 19.2 Å². The van der Waals surface area contributed by atoms with E-state index in [0.29, 0.717) is 19.0 Å². The second-order valence-corrected chi connectivity index (χ2v) is 5.43. The molecular formula is C10H16ClNOS. The lowest BCUT2D eigenvalue weighted by atomic mass is 10.2. The number of hydrogen-bond acceptors (Lipinski definition) is 3. The summed E-state index contributed by atoms with van der Waals surface area (Å²) < 4.78 is 0.781. The predicted molar refractivity (Wildman–Crippen MR) is 62.2 cm³/mol. The molecule has 2 N–H and O–H groups in total. The van der Waals surface area contributed by atoms with E-state index in [1.165, 1.54) is 11.3 Å². The van der Waals surface area contributed by atoms with Crippen LogP contribution in [0.4, 0.5) is 0 Å². The van der Waals surface area contributed by atoms with Crippen molar-refractivity contribution in [1.82, 2.24) is 5.32 Å². The predicted octanol–water partition coefficient (Wildman–Crippen LogP) is 2.30. The van der Waals surface area contributed by atoms with Gasteiger partial charge in [-0.3, -0.25) is 0 Å². The maximum Gasteiger partial charge on any atom is 0.0931 e. The molecule has 0 amide bonds. The SMILES string of the molecule is CC(C)NCC(O)Cc1ccc(Cl)s1. The van der Waals surface area contributed by atoms with Crippen LogP contribution >= 0.6 is 22.9 Å². The number of aliphatic hydroxyl groups excluding tert-OH is 1. The van der Waals surface area contributed by atoms with Gasteiger partial charge in [0.15, 0.2) is 0 Å². The van der Waals surface area contributed by atoms with Crippen molar-refractivity contribution in [1.29, 1.82) is 0 Å². The fourth-order valence-corrected chi connectivity index (χ4v) is 2.30. The van der Waals surface area contributed by atoms with Gasteiger partial charge in [0.1, 0.15) is 0 Å². The molecular weight excluding hydrogens is 218 g/mol. The van der Waals surface area contributed by atoms with Crippen LogP contribution in [-0.4, -0.2) is 23.8 Å². The van der Waals surface area contributed by atoms with Crippen molar-refractivity contribution in [2.45, 2.75) is 32.4 Å². The van der Waals surface area contributed by atoms with Gasteiger partial charge in [-0.1, -0.05) is 25.4 Å². The number of rotatable bonds is 5. The minimum atomic E-state index is -0.327. The second-order valence-electron chi connectivity index (χ2n) is 3.63. The standard InChI is InChI=1S/C10H16ClNOS/c1-7(2)12-6-8(13)5-9-3-4-10(11)14-9/h3-4,7-8,12-13H,5-6H2,1-2H3. The monoisotopic (exact) mass is 233 g/mol. The lowest BCUT2D eigenvalue weighted by Crippen LogP contribution is -2.32. The first-order chi connectivity index (χ1) is 6.58. The van der Waals surface area contributed by atoms with Gasteiger partial charge in [0.25, 0.3) is 0 Å². The van der Waals surface area contributed by atoms with Crippen molar-refractivity contribution in [3.05, 3.63) is 21.3 Å². The topological polar surface area (TPSA) is 32.3 Å². The first kappa shape index (κ1) is 12.0. The Morgan fingerprint density at radius 1 is 1.50 bits per heavy atom. The van der Waals surface area contributed by atoms with E-state index in [1.54, 1.807) is 0 Å². The Morgan fingerprint density at radius 2 is 2.21 bits per heavy atom. The third kappa shape index (κ3) is 4.42. The first-order valence-corrected chi connectivity index (χ1v) is 5.93. The summed E-state index contributed by atoms with van der Waals surface area (Å²) in [7, 11) is 0. The quantitative estimate of drug-likeness (QED) is 0.818. The highest BCUT2D eigenvalue weighted by atomic mass is 35.5. The molecule has 80 valence electrons. The molecule has 1 unspecified atom stereocenters. The van der Waals surface area contributed by atoms with Gasteiger partial charge < -0.3 is 10.4 Å². The van der Waals surface area contributed by atoms with Gasteiger partial charge in [0, 0.05) is 23.9 Å². The van der Waals surface area contributed by atoms with E-state index >= 15 is 0 Å². The number of halogens is 1. The minimum Gasteiger partial charge on any atom is -0.391 e. The Bertz CT molecular complexity index is 275. The van der Waals surface area contributed by atoms with Crippen molar-refractivity contribution >= 4 is 22.9 Å². The second kappa shape index (κ2) is 5.71. The Labute approximate surface area is 93.9 Å². The molecule has 1 heterocycles. The van der Waals surface area contributed by atoms with Gasteiger partial charge in [0.2, 0.25) is 0 Å². The molecule has 0 saturated heterocycles. The molecule has 0 fully saturated rings. The fourth-order valence-electron chi connectivity index (χ4n) is 1.14. The smallest absolute Gasteiger partial charge is 0.0931 e. The van der Waals surface area contributed by atoms with Crippen molar-refractivity contribution in [2.24, 2.45) is 0 Å². The number of hydrogen-bond donors (Lipinski definition) is 2. The summed E-state index contributed by atoms with van der Waals surface area (Å²) >= 11 is 7.32. The molecule has 2 nitrogen and oxygen atoms in total. The molecule has 14 heavy (non-hydrogen) atoms. The van der Waals surface area contributed by atoms with E-state index in [9.17, 15) is 5.11 Å². The summed E-state index contributed by atoms with van der Waals surface area (Å²) in [6.45, 7) is 4.76.